The van der Waals surface area contributed by atoms with Gasteiger partial charge in [0.15, 0.2) is 0 Å². The first-order valence-corrected chi connectivity index (χ1v) is 9.65. The Labute approximate surface area is 182 Å². The maximum atomic E-state index is 12.8. The van der Waals surface area contributed by atoms with Crippen LogP contribution in [0.15, 0.2) is 25.0 Å². The van der Waals surface area contributed by atoms with Crippen LogP contribution in [0.25, 0.3) is 0 Å². The normalized spacial score (nSPS) is 14.6. The molecule has 32 heavy (non-hydrogen) atoms. The summed E-state index contributed by atoms with van der Waals surface area (Å²) in [7, 11) is 0. The molecule has 14 heteroatoms. The van der Waals surface area contributed by atoms with Gasteiger partial charge < -0.3 is 41.9 Å². The van der Waals surface area contributed by atoms with Crippen molar-refractivity contribution >= 4 is 23.7 Å². The van der Waals surface area contributed by atoms with E-state index in [4.69, 9.17) is 5.73 Å². The minimum Gasteiger partial charge on any atom is -0.480 e. The third-order valence-corrected chi connectivity index (χ3v) is 4.47. The van der Waals surface area contributed by atoms with Crippen molar-refractivity contribution in [2.24, 2.45) is 5.73 Å². The number of nitrogens with one attached hydrogen (secondary N) is 5. The smallest absolute Gasteiger partial charge is 0.326 e. The molecule has 174 valence electrons. The number of amides is 3. The number of H-pyrrole nitrogens is 2. The monoisotopic (exact) mass is 450 g/mol. The van der Waals surface area contributed by atoms with Crippen LogP contribution in [0, 0.1) is 0 Å². The number of imidazole rings is 2. The Bertz CT molecular complexity index is 899. The Hall–Kier alpha value is -3.78. The topological polar surface area (TPSA) is 228 Å². The zero-order chi connectivity index (χ0) is 23.7. The van der Waals surface area contributed by atoms with Crippen LogP contribution in [0.1, 0.15) is 18.3 Å². The Morgan fingerprint density at radius 3 is 2.03 bits per heavy atom. The van der Waals surface area contributed by atoms with E-state index in [1.54, 1.807) is 0 Å². The van der Waals surface area contributed by atoms with Crippen LogP contribution in [0.4, 0.5) is 0 Å². The molecule has 9 N–H and O–H groups in total. The van der Waals surface area contributed by atoms with E-state index in [-0.39, 0.29) is 12.8 Å². The van der Waals surface area contributed by atoms with Gasteiger partial charge in [-0.3, -0.25) is 14.4 Å². The number of carboxylic acid groups (broad SMARTS) is 1. The highest BCUT2D eigenvalue weighted by Crippen LogP contribution is 2.03. The number of hydrogen-bond donors (Lipinski definition) is 8. The van der Waals surface area contributed by atoms with Crippen LogP contribution < -0.4 is 21.7 Å². The lowest BCUT2D eigenvalue weighted by Gasteiger charge is -2.21. The lowest BCUT2D eigenvalue weighted by molar-refractivity contribution is -0.142. The second-order valence-corrected chi connectivity index (χ2v) is 7.07. The van der Waals surface area contributed by atoms with Gasteiger partial charge in [0, 0.05) is 36.6 Å². The molecule has 0 bridgehead atoms. The Morgan fingerprint density at radius 2 is 1.56 bits per heavy atom. The van der Waals surface area contributed by atoms with E-state index in [1.165, 1.54) is 32.0 Å². The highest BCUT2D eigenvalue weighted by Gasteiger charge is 2.28. The second-order valence-electron chi connectivity index (χ2n) is 7.07. The molecule has 0 saturated carbocycles. The summed E-state index contributed by atoms with van der Waals surface area (Å²) in [5.41, 5.74) is 6.52. The molecule has 0 aliphatic carbocycles. The molecule has 0 fully saturated rings. The third-order valence-electron chi connectivity index (χ3n) is 4.47. The molecule has 0 saturated heterocycles. The lowest BCUT2D eigenvalue weighted by Crippen LogP contribution is -2.55. The van der Waals surface area contributed by atoms with Gasteiger partial charge in [0.2, 0.25) is 17.7 Å². The fourth-order valence-corrected chi connectivity index (χ4v) is 2.66. The van der Waals surface area contributed by atoms with Gasteiger partial charge in [0.25, 0.3) is 0 Å². The first-order chi connectivity index (χ1) is 15.2. The van der Waals surface area contributed by atoms with E-state index in [1.807, 2.05) is 0 Å². The van der Waals surface area contributed by atoms with Gasteiger partial charge in [0.1, 0.15) is 18.1 Å². The SMILES string of the molecule is CC(O)C(N)C(=O)NCC(=O)NC(Cc1cnc[nH]1)C(=O)NC(Cc1cnc[nH]1)C(=O)O. The molecule has 14 nitrogen and oxygen atoms in total. The fourth-order valence-electron chi connectivity index (χ4n) is 2.66. The van der Waals surface area contributed by atoms with E-state index in [2.05, 4.69) is 35.9 Å². The van der Waals surface area contributed by atoms with Crippen LogP contribution in [-0.2, 0) is 32.0 Å². The number of hydrogen-bond acceptors (Lipinski definition) is 8. The number of carboxylic acids is 1. The molecule has 0 aliphatic heterocycles. The van der Waals surface area contributed by atoms with E-state index in [9.17, 15) is 29.4 Å². The van der Waals surface area contributed by atoms with Crippen molar-refractivity contribution in [3.63, 3.8) is 0 Å². The molecule has 0 aliphatic rings. The number of nitrogens with two attached hydrogens (primary N) is 1. The average molecular weight is 450 g/mol. The van der Waals surface area contributed by atoms with Crippen LogP contribution in [-0.4, -0.2) is 84.6 Å². The molecule has 0 spiro atoms. The number of rotatable bonds is 12. The molecule has 2 aromatic rings. The molecule has 0 radical (unpaired) electrons. The first-order valence-electron chi connectivity index (χ1n) is 9.65. The summed E-state index contributed by atoms with van der Waals surface area (Å²) in [5.74, 6) is -3.46. The summed E-state index contributed by atoms with van der Waals surface area (Å²) in [4.78, 5) is 61.7. The summed E-state index contributed by atoms with van der Waals surface area (Å²) in [6.07, 6.45) is 4.51. The zero-order valence-electron chi connectivity index (χ0n) is 17.2. The number of aliphatic carboxylic acids is 1. The maximum Gasteiger partial charge on any atom is 0.326 e. The average Bonchev–Trinajstić information content (AvgIpc) is 3.44. The summed E-state index contributed by atoms with van der Waals surface area (Å²) in [6.45, 7) is 0.833. The summed E-state index contributed by atoms with van der Waals surface area (Å²) < 4.78 is 0. The highest BCUT2D eigenvalue weighted by atomic mass is 16.4. The van der Waals surface area contributed by atoms with E-state index in [0.29, 0.717) is 11.4 Å². The molecule has 0 aromatic carbocycles. The van der Waals surface area contributed by atoms with E-state index in [0.717, 1.165) is 0 Å². The number of aromatic amines is 2. The summed E-state index contributed by atoms with van der Waals surface area (Å²) in [6, 6.07) is -3.65. The summed E-state index contributed by atoms with van der Waals surface area (Å²) in [5, 5.41) is 25.9. The zero-order valence-corrected chi connectivity index (χ0v) is 17.2. The standard InChI is InChI=1S/C18H26N8O6/c1-9(27)15(19)17(30)22-6-14(28)25-12(2-10-4-20-7-23-10)16(29)26-13(18(31)32)3-11-5-21-8-24-11/h4-5,7-9,12-13,15,27H,2-3,6,19H2,1H3,(H,20,23)(H,21,24)(H,22,30)(H,25,28)(H,26,29)(H,31,32). The van der Waals surface area contributed by atoms with Crippen molar-refractivity contribution in [2.45, 2.75) is 44.0 Å². The van der Waals surface area contributed by atoms with Crippen LogP contribution in [0.2, 0.25) is 0 Å². The van der Waals surface area contributed by atoms with Gasteiger partial charge in [-0.15, -0.1) is 0 Å². The quantitative estimate of drug-likeness (QED) is 0.162. The molecule has 2 rings (SSSR count). The van der Waals surface area contributed by atoms with Gasteiger partial charge in [-0.05, 0) is 6.92 Å². The van der Waals surface area contributed by atoms with Crippen molar-refractivity contribution in [3.05, 3.63) is 36.4 Å². The molecular formula is C18H26N8O6. The minimum atomic E-state index is -1.27. The Balaban J connectivity index is 2.03. The van der Waals surface area contributed by atoms with Gasteiger partial charge in [0.05, 0.1) is 25.3 Å². The van der Waals surface area contributed by atoms with Gasteiger partial charge >= 0.3 is 5.97 Å². The van der Waals surface area contributed by atoms with Crippen LogP contribution in [0.3, 0.4) is 0 Å². The number of nitrogens with zero attached hydrogens (tertiary/aromatic N) is 2. The molecular weight excluding hydrogens is 424 g/mol. The van der Waals surface area contributed by atoms with Crippen molar-refractivity contribution in [2.75, 3.05) is 6.54 Å². The molecule has 4 unspecified atom stereocenters. The van der Waals surface area contributed by atoms with Crippen LogP contribution >= 0.6 is 0 Å². The minimum absolute atomic E-state index is 0.00486. The third kappa shape index (κ3) is 7.48. The fraction of sp³-hybridized carbons (Fsp3) is 0.444. The molecule has 2 heterocycles. The second kappa shape index (κ2) is 11.6. The van der Waals surface area contributed by atoms with E-state index >= 15 is 0 Å². The molecule has 4 atom stereocenters. The van der Waals surface area contributed by atoms with Crippen molar-refractivity contribution < 1.29 is 29.4 Å². The Kier molecular flexibility index (Phi) is 8.85. The van der Waals surface area contributed by atoms with Gasteiger partial charge in [-0.1, -0.05) is 0 Å². The predicted octanol–water partition coefficient (Wildman–Crippen LogP) is -3.20. The van der Waals surface area contributed by atoms with Crippen molar-refractivity contribution in [1.29, 1.82) is 0 Å². The number of aliphatic hydroxyl groups is 1. The lowest BCUT2D eigenvalue weighted by atomic mass is 10.1. The van der Waals surface area contributed by atoms with Gasteiger partial charge in [-0.25, -0.2) is 14.8 Å². The van der Waals surface area contributed by atoms with Crippen molar-refractivity contribution in [1.82, 2.24) is 35.9 Å². The van der Waals surface area contributed by atoms with E-state index < -0.39 is 54.5 Å². The molecule has 2 aromatic heterocycles. The number of carbonyl (C=O) groups excluding carboxylic acids is 3. The Morgan fingerprint density at radius 1 is 1.00 bits per heavy atom. The maximum absolute atomic E-state index is 12.8. The summed E-state index contributed by atoms with van der Waals surface area (Å²) >= 11 is 0. The number of carbonyl (C=O) groups is 4. The molecule has 3 amide bonds. The first kappa shape index (κ1) is 24.5. The van der Waals surface area contributed by atoms with Crippen LogP contribution in [0.5, 0.6) is 0 Å². The highest BCUT2D eigenvalue weighted by molar-refractivity contribution is 5.92. The van der Waals surface area contributed by atoms with Gasteiger partial charge in [-0.2, -0.15) is 0 Å². The largest absolute Gasteiger partial charge is 0.480 e. The number of aliphatic hydroxyl groups excluding tert-OH is 1. The predicted molar refractivity (Wildman–Crippen MR) is 109 cm³/mol. The van der Waals surface area contributed by atoms with Crippen molar-refractivity contribution in [3.8, 4) is 0 Å². The number of aromatic nitrogens is 4.